The molecule has 1 rings (SSSR count). The molecule has 0 aliphatic carbocycles. The zero-order valence-corrected chi connectivity index (χ0v) is 11.5. The Morgan fingerprint density at radius 1 is 1.50 bits per heavy atom. The molecule has 0 saturated heterocycles. The minimum absolute atomic E-state index is 0.0155. The summed E-state index contributed by atoms with van der Waals surface area (Å²) in [5, 5.41) is 3.21. The summed E-state index contributed by atoms with van der Waals surface area (Å²) in [7, 11) is 0. The summed E-state index contributed by atoms with van der Waals surface area (Å²) in [5.41, 5.74) is 6.06. The summed E-state index contributed by atoms with van der Waals surface area (Å²) in [6.07, 6.45) is 0.958. The maximum absolute atomic E-state index is 11.5. The molecule has 3 N–H and O–H groups in total. The van der Waals surface area contributed by atoms with Crippen molar-refractivity contribution in [3.63, 3.8) is 0 Å². The van der Waals surface area contributed by atoms with Gasteiger partial charge in [-0.15, -0.1) is 0 Å². The predicted octanol–water partition coefficient (Wildman–Crippen LogP) is 2.46. The molecule has 0 spiro atoms. The van der Waals surface area contributed by atoms with Gasteiger partial charge in [0.2, 0.25) is 0 Å². The first kappa shape index (κ1) is 14.6. The molecule has 18 heavy (non-hydrogen) atoms. The molecule has 0 saturated carbocycles. The standard InChI is InChI=1S/C13H19ClN2O2/c1-9(2)5-6-16-13(17)8-18-10-3-4-12(15)11(14)7-10/h3-4,7,9H,5-6,8,15H2,1-2H3,(H,16,17). The number of nitrogens with two attached hydrogens (primary N) is 1. The molecule has 0 aliphatic heterocycles. The van der Waals surface area contributed by atoms with Gasteiger partial charge < -0.3 is 15.8 Å². The van der Waals surface area contributed by atoms with Crippen LogP contribution >= 0.6 is 11.6 Å². The van der Waals surface area contributed by atoms with Crippen molar-refractivity contribution in [3.05, 3.63) is 23.2 Å². The van der Waals surface area contributed by atoms with Crippen molar-refractivity contribution in [2.24, 2.45) is 5.92 Å². The Bertz CT molecular complexity index is 408. The highest BCUT2D eigenvalue weighted by Gasteiger charge is 2.04. The van der Waals surface area contributed by atoms with Gasteiger partial charge in [-0.3, -0.25) is 4.79 Å². The van der Waals surface area contributed by atoms with Crippen LogP contribution in [0.5, 0.6) is 5.75 Å². The minimum atomic E-state index is -0.136. The van der Waals surface area contributed by atoms with E-state index in [2.05, 4.69) is 19.2 Å². The molecule has 4 nitrogen and oxygen atoms in total. The van der Waals surface area contributed by atoms with E-state index in [0.717, 1.165) is 6.42 Å². The number of amides is 1. The maximum atomic E-state index is 11.5. The lowest BCUT2D eigenvalue weighted by atomic mass is 10.1. The fourth-order valence-electron chi connectivity index (χ4n) is 1.30. The molecule has 0 atom stereocenters. The van der Waals surface area contributed by atoms with Gasteiger partial charge in [-0.1, -0.05) is 25.4 Å². The van der Waals surface area contributed by atoms with Crippen molar-refractivity contribution in [1.82, 2.24) is 5.32 Å². The lowest BCUT2D eigenvalue weighted by Crippen LogP contribution is -2.30. The molecule has 0 aromatic heterocycles. The van der Waals surface area contributed by atoms with Gasteiger partial charge in [-0.2, -0.15) is 0 Å². The molecule has 0 radical (unpaired) electrons. The van der Waals surface area contributed by atoms with E-state index >= 15 is 0 Å². The van der Waals surface area contributed by atoms with E-state index in [4.69, 9.17) is 22.1 Å². The third-order valence-corrected chi connectivity index (χ3v) is 2.71. The van der Waals surface area contributed by atoms with Gasteiger partial charge in [-0.25, -0.2) is 0 Å². The summed E-state index contributed by atoms with van der Waals surface area (Å²) in [6, 6.07) is 4.93. The first-order valence-electron chi connectivity index (χ1n) is 5.93. The predicted molar refractivity (Wildman–Crippen MR) is 73.8 cm³/mol. The van der Waals surface area contributed by atoms with E-state index in [0.29, 0.717) is 28.9 Å². The van der Waals surface area contributed by atoms with Gasteiger partial charge in [0.1, 0.15) is 5.75 Å². The molecule has 0 aliphatic rings. The highest BCUT2D eigenvalue weighted by Crippen LogP contribution is 2.23. The average molecular weight is 271 g/mol. The van der Waals surface area contributed by atoms with E-state index in [1.165, 1.54) is 0 Å². The zero-order valence-electron chi connectivity index (χ0n) is 10.7. The highest BCUT2D eigenvalue weighted by atomic mass is 35.5. The Hall–Kier alpha value is -1.42. The molecular weight excluding hydrogens is 252 g/mol. The first-order chi connectivity index (χ1) is 8.49. The maximum Gasteiger partial charge on any atom is 0.257 e. The van der Waals surface area contributed by atoms with Crippen molar-refractivity contribution >= 4 is 23.2 Å². The number of halogens is 1. The van der Waals surface area contributed by atoms with Crippen LogP contribution in [0.4, 0.5) is 5.69 Å². The quantitative estimate of drug-likeness (QED) is 0.781. The largest absolute Gasteiger partial charge is 0.484 e. The molecule has 0 heterocycles. The fourth-order valence-corrected chi connectivity index (χ4v) is 1.47. The average Bonchev–Trinajstić information content (AvgIpc) is 2.30. The van der Waals surface area contributed by atoms with Gasteiger partial charge in [0, 0.05) is 12.6 Å². The Morgan fingerprint density at radius 2 is 2.22 bits per heavy atom. The normalized spacial score (nSPS) is 10.4. The van der Waals surface area contributed by atoms with Crippen LogP contribution in [0.1, 0.15) is 20.3 Å². The number of carbonyl (C=O) groups is 1. The number of carbonyl (C=O) groups excluding carboxylic acids is 1. The van der Waals surface area contributed by atoms with Crippen LogP contribution in [0.15, 0.2) is 18.2 Å². The van der Waals surface area contributed by atoms with Gasteiger partial charge in [0.25, 0.3) is 5.91 Å². The molecule has 1 aromatic rings. The van der Waals surface area contributed by atoms with E-state index in [1.807, 2.05) is 0 Å². The van der Waals surface area contributed by atoms with Gasteiger partial charge in [0.15, 0.2) is 6.61 Å². The second-order valence-corrected chi connectivity index (χ2v) is 4.91. The third-order valence-electron chi connectivity index (χ3n) is 2.39. The molecule has 5 heteroatoms. The SMILES string of the molecule is CC(C)CCNC(=O)COc1ccc(N)c(Cl)c1. The van der Waals surface area contributed by atoms with Crippen LogP contribution in [-0.4, -0.2) is 19.1 Å². The zero-order chi connectivity index (χ0) is 13.5. The fraction of sp³-hybridized carbons (Fsp3) is 0.462. The minimum Gasteiger partial charge on any atom is -0.484 e. The summed E-state index contributed by atoms with van der Waals surface area (Å²) in [6.45, 7) is 4.87. The number of hydrogen-bond donors (Lipinski definition) is 2. The highest BCUT2D eigenvalue weighted by molar-refractivity contribution is 6.33. The van der Waals surface area contributed by atoms with Crippen LogP contribution < -0.4 is 15.8 Å². The van der Waals surface area contributed by atoms with Crippen LogP contribution in [-0.2, 0) is 4.79 Å². The molecule has 0 fully saturated rings. The molecule has 0 unspecified atom stereocenters. The van der Waals surface area contributed by atoms with E-state index in [-0.39, 0.29) is 12.5 Å². The van der Waals surface area contributed by atoms with Crippen molar-refractivity contribution in [2.75, 3.05) is 18.9 Å². The van der Waals surface area contributed by atoms with Crippen LogP contribution in [0.3, 0.4) is 0 Å². The van der Waals surface area contributed by atoms with Crippen molar-refractivity contribution in [1.29, 1.82) is 0 Å². The van der Waals surface area contributed by atoms with Crippen LogP contribution in [0, 0.1) is 5.92 Å². The van der Waals surface area contributed by atoms with Crippen LogP contribution in [0.2, 0.25) is 5.02 Å². The van der Waals surface area contributed by atoms with Gasteiger partial charge >= 0.3 is 0 Å². The second-order valence-electron chi connectivity index (χ2n) is 4.50. The Kier molecular flexibility index (Phi) is 5.78. The summed E-state index contributed by atoms with van der Waals surface area (Å²) < 4.78 is 5.31. The third kappa shape index (κ3) is 5.27. The number of ether oxygens (including phenoxy) is 1. The Morgan fingerprint density at radius 3 is 2.83 bits per heavy atom. The molecule has 1 aromatic carbocycles. The second kappa shape index (κ2) is 7.11. The van der Waals surface area contributed by atoms with E-state index in [1.54, 1.807) is 18.2 Å². The van der Waals surface area contributed by atoms with Crippen molar-refractivity contribution < 1.29 is 9.53 Å². The summed E-state index contributed by atoms with van der Waals surface area (Å²) >= 11 is 5.84. The molecule has 0 bridgehead atoms. The topological polar surface area (TPSA) is 64.3 Å². The lowest BCUT2D eigenvalue weighted by Gasteiger charge is -2.09. The first-order valence-corrected chi connectivity index (χ1v) is 6.31. The lowest BCUT2D eigenvalue weighted by molar-refractivity contribution is -0.123. The Balaban J connectivity index is 2.31. The van der Waals surface area contributed by atoms with Crippen molar-refractivity contribution in [2.45, 2.75) is 20.3 Å². The number of anilines is 1. The van der Waals surface area contributed by atoms with E-state index < -0.39 is 0 Å². The van der Waals surface area contributed by atoms with Crippen molar-refractivity contribution in [3.8, 4) is 5.75 Å². The molecule has 100 valence electrons. The summed E-state index contributed by atoms with van der Waals surface area (Å²) in [5.74, 6) is 0.971. The number of nitrogen functional groups attached to an aromatic ring is 1. The Labute approximate surface area is 112 Å². The smallest absolute Gasteiger partial charge is 0.257 e. The van der Waals surface area contributed by atoms with E-state index in [9.17, 15) is 4.79 Å². The summed E-state index contributed by atoms with van der Waals surface area (Å²) in [4.78, 5) is 11.5. The monoisotopic (exact) mass is 270 g/mol. The van der Waals surface area contributed by atoms with Crippen LogP contribution in [0.25, 0.3) is 0 Å². The van der Waals surface area contributed by atoms with Gasteiger partial charge in [-0.05, 0) is 24.5 Å². The number of rotatable bonds is 6. The van der Waals surface area contributed by atoms with Gasteiger partial charge in [0.05, 0.1) is 10.7 Å². The molecule has 1 amide bonds. The number of benzene rings is 1. The molecular formula is C13H19ClN2O2. The number of nitrogens with one attached hydrogen (secondary N) is 1. The number of hydrogen-bond acceptors (Lipinski definition) is 3.